The van der Waals surface area contributed by atoms with Gasteiger partial charge in [0.15, 0.2) is 5.13 Å². The van der Waals surface area contributed by atoms with Crippen LogP contribution >= 0.6 is 11.3 Å². The Bertz CT molecular complexity index is 429. The van der Waals surface area contributed by atoms with Gasteiger partial charge in [-0.05, 0) is 43.9 Å². The number of anilines is 1. The average molecular weight is 250 g/mol. The zero-order valence-electron chi connectivity index (χ0n) is 10.1. The molecule has 3 rings (SSSR count). The number of nitrogens with one attached hydrogen (secondary N) is 1. The van der Waals surface area contributed by atoms with Crippen LogP contribution in [0.2, 0.25) is 0 Å². The molecular weight excluding hydrogens is 232 g/mol. The van der Waals surface area contributed by atoms with Crippen molar-refractivity contribution in [2.45, 2.75) is 39.0 Å². The second kappa shape index (κ2) is 4.41. The van der Waals surface area contributed by atoms with Crippen LogP contribution in [0.3, 0.4) is 0 Å². The molecule has 3 atom stereocenters. The number of carbonyl (C=O) groups excluding carboxylic acids is 1. The van der Waals surface area contributed by atoms with Crippen LogP contribution in [0.4, 0.5) is 5.13 Å². The Labute approximate surface area is 106 Å². The Morgan fingerprint density at radius 1 is 1.53 bits per heavy atom. The molecule has 0 unspecified atom stereocenters. The number of thiazole rings is 1. The maximum atomic E-state index is 11.9. The van der Waals surface area contributed by atoms with Gasteiger partial charge in [-0.15, -0.1) is 11.3 Å². The summed E-state index contributed by atoms with van der Waals surface area (Å²) in [6.45, 7) is 1.95. The molecule has 17 heavy (non-hydrogen) atoms. The minimum absolute atomic E-state index is 0.150. The van der Waals surface area contributed by atoms with Crippen LogP contribution in [-0.4, -0.2) is 10.9 Å². The summed E-state index contributed by atoms with van der Waals surface area (Å²) in [5.41, 5.74) is 0.977. The first kappa shape index (κ1) is 11.2. The molecule has 92 valence electrons. The third kappa shape index (κ3) is 2.37. The van der Waals surface area contributed by atoms with Gasteiger partial charge in [0.05, 0.1) is 5.69 Å². The Hall–Kier alpha value is -0.900. The van der Waals surface area contributed by atoms with E-state index in [-0.39, 0.29) is 5.91 Å². The summed E-state index contributed by atoms with van der Waals surface area (Å²) in [4.78, 5) is 16.2. The Balaban J connectivity index is 1.54. The lowest BCUT2D eigenvalue weighted by molar-refractivity contribution is -0.117. The van der Waals surface area contributed by atoms with Gasteiger partial charge in [0, 0.05) is 11.8 Å². The van der Waals surface area contributed by atoms with Crippen LogP contribution in [0.5, 0.6) is 0 Å². The molecule has 1 heterocycles. The Kier molecular flexibility index (Phi) is 2.90. The van der Waals surface area contributed by atoms with Gasteiger partial charge in [-0.25, -0.2) is 4.98 Å². The molecular formula is C13H18N2OS. The van der Waals surface area contributed by atoms with E-state index in [1.165, 1.54) is 37.0 Å². The smallest absolute Gasteiger partial charge is 0.226 e. The van der Waals surface area contributed by atoms with Gasteiger partial charge in [0.1, 0.15) is 0 Å². The largest absolute Gasteiger partial charge is 0.302 e. The van der Waals surface area contributed by atoms with Crippen LogP contribution < -0.4 is 5.32 Å². The van der Waals surface area contributed by atoms with E-state index in [0.29, 0.717) is 12.3 Å². The highest BCUT2D eigenvalue weighted by Gasteiger charge is 2.40. The summed E-state index contributed by atoms with van der Waals surface area (Å²) < 4.78 is 0. The zero-order valence-corrected chi connectivity index (χ0v) is 10.9. The molecule has 3 nitrogen and oxygen atoms in total. The van der Waals surface area contributed by atoms with Gasteiger partial charge >= 0.3 is 0 Å². The van der Waals surface area contributed by atoms with Crippen LogP contribution in [0.1, 0.15) is 37.8 Å². The lowest BCUT2D eigenvalue weighted by Crippen LogP contribution is -2.20. The summed E-state index contributed by atoms with van der Waals surface area (Å²) in [7, 11) is 0. The van der Waals surface area contributed by atoms with E-state index in [4.69, 9.17) is 0 Å². The minimum atomic E-state index is 0.150. The second-order valence-corrected chi connectivity index (χ2v) is 6.34. The molecule has 2 aliphatic carbocycles. The van der Waals surface area contributed by atoms with Crippen molar-refractivity contribution < 1.29 is 4.79 Å². The normalized spacial score (nSPS) is 30.8. The summed E-state index contributed by atoms with van der Waals surface area (Å²) in [6, 6.07) is 0. The second-order valence-electron chi connectivity index (χ2n) is 5.48. The van der Waals surface area contributed by atoms with Crippen molar-refractivity contribution in [3.8, 4) is 0 Å². The minimum Gasteiger partial charge on any atom is -0.302 e. The number of aryl methyl sites for hydroxylation is 1. The van der Waals surface area contributed by atoms with Crippen LogP contribution in [0.25, 0.3) is 0 Å². The SMILES string of the molecule is Cc1csc(NC(=O)C[C@@H]2C[C@@H]3CC[C@@H]2C3)n1. The summed E-state index contributed by atoms with van der Waals surface area (Å²) >= 11 is 1.51. The molecule has 4 heteroatoms. The first-order valence-corrected chi connectivity index (χ1v) is 7.30. The van der Waals surface area contributed by atoms with Crippen molar-refractivity contribution in [1.82, 2.24) is 4.98 Å². The van der Waals surface area contributed by atoms with E-state index in [2.05, 4.69) is 10.3 Å². The van der Waals surface area contributed by atoms with E-state index in [9.17, 15) is 4.79 Å². The first-order valence-electron chi connectivity index (χ1n) is 6.42. The Morgan fingerprint density at radius 3 is 3.00 bits per heavy atom. The molecule has 2 bridgehead atoms. The number of nitrogens with zero attached hydrogens (tertiary/aromatic N) is 1. The number of hydrogen-bond donors (Lipinski definition) is 1. The van der Waals surface area contributed by atoms with Crippen molar-refractivity contribution >= 4 is 22.4 Å². The molecule has 1 N–H and O–H groups in total. The van der Waals surface area contributed by atoms with Gasteiger partial charge in [0.25, 0.3) is 0 Å². The molecule has 0 spiro atoms. The Morgan fingerprint density at radius 2 is 2.41 bits per heavy atom. The maximum Gasteiger partial charge on any atom is 0.226 e. The number of fused-ring (bicyclic) bond motifs is 2. The fraction of sp³-hybridized carbons (Fsp3) is 0.692. The van der Waals surface area contributed by atoms with Gasteiger partial charge in [-0.3, -0.25) is 4.79 Å². The zero-order chi connectivity index (χ0) is 11.8. The van der Waals surface area contributed by atoms with Crippen molar-refractivity contribution in [2.24, 2.45) is 17.8 Å². The molecule has 0 radical (unpaired) electrons. The molecule has 0 saturated heterocycles. The van der Waals surface area contributed by atoms with Crippen molar-refractivity contribution in [3.63, 3.8) is 0 Å². The van der Waals surface area contributed by atoms with E-state index >= 15 is 0 Å². The number of rotatable bonds is 3. The number of hydrogen-bond acceptors (Lipinski definition) is 3. The lowest BCUT2D eigenvalue weighted by Gasteiger charge is -2.20. The third-order valence-electron chi connectivity index (χ3n) is 4.20. The fourth-order valence-corrected chi connectivity index (χ4v) is 4.15. The highest BCUT2D eigenvalue weighted by molar-refractivity contribution is 7.13. The molecule has 1 amide bonds. The van der Waals surface area contributed by atoms with E-state index in [1.807, 2.05) is 12.3 Å². The van der Waals surface area contributed by atoms with Gasteiger partial charge in [-0.1, -0.05) is 6.42 Å². The van der Waals surface area contributed by atoms with E-state index in [1.54, 1.807) is 0 Å². The van der Waals surface area contributed by atoms with Crippen molar-refractivity contribution in [2.75, 3.05) is 5.32 Å². The number of carbonyl (C=O) groups is 1. The lowest BCUT2D eigenvalue weighted by atomic mass is 9.86. The molecule has 2 saturated carbocycles. The summed E-state index contributed by atoms with van der Waals surface area (Å²) in [6.07, 6.45) is 6.08. The molecule has 1 aromatic rings. The van der Waals surface area contributed by atoms with Crippen molar-refractivity contribution in [3.05, 3.63) is 11.1 Å². The van der Waals surface area contributed by atoms with Crippen LogP contribution in [0, 0.1) is 24.7 Å². The first-order chi connectivity index (χ1) is 8.20. The standard InChI is InChI=1S/C13H18N2OS/c1-8-7-17-13(14-8)15-12(16)6-11-5-9-2-3-10(11)4-9/h7,9-11H,2-6H2,1H3,(H,14,15,16)/t9-,10-,11+/m1/s1. The van der Waals surface area contributed by atoms with E-state index in [0.717, 1.165) is 22.7 Å². The van der Waals surface area contributed by atoms with Gasteiger partial charge in [0.2, 0.25) is 5.91 Å². The van der Waals surface area contributed by atoms with E-state index < -0.39 is 0 Å². The average Bonchev–Trinajstić information content (AvgIpc) is 2.95. The predicted molar refractivity (Wildman–Crippen MR) is 69.0 cm³/mol. The van der Waals surface area contributed by atoms with Crippen molar-refractivity contribution in [1.29, 1.82) is 0 Å². The number of amides is 1. The third-order valence-corrected chi connectivity index (χ3v) is 5.07. The maximum absolute atomic E-state index is 11.9. The highest BCUT2D eigenvalue weighted by Crippen LogP contribution is 2.49. The van der Waals surface area contributed by atoms with Crippen LogP contribution in [-0.2, 0) is 4.79 Å². The molecule has 0 aromatic carbocycles. The van der Waals surface area contributed by atoms with Crippen LogP contribution in [0.15, 0.2) is 5.38 Å². The monoisotopic (exact) mass is 250 g/mol. The van der Waals surface area contributed by atoms with Gasteiger partial charge < -0.3 is 5.32 Å². The molecule has 2 fully saturated rings. The topological polar surface area (TPSA) is 42.0 Å². The quantitative estimate of drug-likeness (QED) is 0.895. The summed E-state index contributed by atoms with van der Waals surface area (Å²) in [5, 5.41) is 5.63. The van der Waals surface area contributed by atoms with Gasteiger partial charge in [-0.2, -0.15) is 0 Å². The number of aromatic nitrogens is 1. The molecule has 2 aliphatic rings. The molecule has 0 aliphatic heterocycles. The molecule has 1 aromatic heterocycles. The fourth-order valence-electron chi connectivity index (χ4n) is 3.45. The predicted octanol–water partition coefficient (Wildman–Crippen LogP) is 3.22. The highest BCUT2D eigenvalue weighted by atomic mass is 32.1. The summed E-state index contributed by atoms with van der Waals surface area (Å²) in [5.74, 6) is 2.52.